The molecule has 4 nitrogen and oxygen atoms in total. The minimum atomic E-state index is -0.477. The standard InChI is InChI=1S/C49H30N4S/c1-3-15-32(16-4-1)47-50-48(33-17-5-2-6-18-33)52-49(51-47)42-30-35(53-43-24-11-9-21-38(43)39-22-10-12-25-44(39)53)29-41-40-27-26-34(28-45(40)54-46(41)42)37-23-13-19-31-14-7-8-20-36(31)37/h1-30H/i1D,3D,4D,15D,16D. The Morgan fingerprint density at radius 3 is 1.87 bits per heavy atom. The van der Waals surface area contributed by atoms with Crippen LogP contribution in [-0.2, 0) is 0 Å². The summed E-state index contributed by atoms with van der Waals surface area (Å²) in [4.78, 5) is 14.9. The molecule has 0 N–H and O–H groups in total. The average molecular weight is 712 g/mol. The lowest BCUT2D eigenvalue weighted by Crippen LogP contribution is -2.01. The van der Waals surface area contributed by atoms with E-state index in [9.17, 15) is 0 Å². The summed E-state index contributed by atoms with van der Waals surface area (Å²) >= 11 is 1.66. The van der Waals surface area contributed by atoms with Crippen molar-refractivity contribution < 1.29 is 6.85 Å². The first kappa shape index (κ1) is 25.9. The number of thiophene rings is 1. The minimum Gasteiger partial charge on any atom is -0.309 e. The normalized spacial score (nSPS) is 13.0. The quantitative estimate of drug-likeness (QED) is 0.178. The van der Waals surface area contributed by atoms with Crippen molar-refractivity contribution in [2.24, 2.45) is 0 Å². The van der Waals surface area contributed by atoms with Gasteiger partial charge in [0.05, 0.1) is 17.9 Å². The molecule has 0 amide bonds. The molecule has 0 aliphatic rings. The number of nitrogens with zero attached hydrogens (tertiary/aromatic N) is 4. The van der Waals surface area contributed by atoms with E-state index in [4.69, 9.17) is 21.8 Å². The fourth-order valence-corrected chi connectivity index (χ4v) is 8.92. The first-order chi connectivity index (χ1) is 28.8. The van der Waals surface area contributed by atoms with Crippen molar-refractivity contribution in [3.63, 3.8) is 0 Å². The number of benzene rings is 8. The molecule has 3 aromatic heterocycles. The smallest absolute Gasteiger partial charge is 0.165 e. The minimum absolute atomic E-state index is 0.000577. The van der Waals surface area contributed by atoms with Crippen LogP contribution in [0.1, 0.15) is 6.85 Å². The van der Waals surface area contributed by atoms with Crippen molar-refractivity contribution in [1.29, 1.82) is 0 Å². The van der Waals surface area contributed by atoms with Crippen LogP contribution in [0.5, 0.6) is 0 Å². The van der Waals surface area contributed by atoms with E-state index in [1.54, 1.807) is 11.3 Å². The monoisotopic (exact) mass is 711 g/mol. The molecule has 0 saturated heterocycles. The zero-order chi connectivity index (χ0) is 39.9. The number of para-hydroxylation sites is 2. The summed E-state index contributed by atoms with van der Waals surface area (Å²) in [5.74, 6) is 0.655. The highest BCUT2D eigenvalue weighted by molar-refractivity contribution is 7.26. The van der Waals surface area contributed by atoms with Gasteiger partial charge in [-0.05, 0) is 52.2 Å². The van der Waals surface area contributed by atoms with E-state index in [-0.39, 0.29) is 23.5 Å². The van der Waals surface area contributed by atoms with Crippen LogP contribution >= 0.6 is 11.3 Å². The maximum absolute atomic E-state index is 8.88. The Labute approximate surface area is 322 Å². The molecule has 5 heteroatoms. The molecule has 8 aromatic carbocycles. The van der Waals surface area contributed by atoms with Crippen LogP contribution in [0.2, 0.25) is 0 Å². The first-order valence-electron chi connectivity index (χ1n) is 20.2. The van der Waals surface area contributed by atoms with Gasteiger partial charge in [-0.3, -0.25) is 0 Å². The lowest BCUT2D eigenvalue weighted by atomic mass is 9.97. The van der Waals surface area contributed by atoms with Gasteiger partial charge in [0.25, 0.3) is 0 Å². The summed E-state index contributed by atoms with van der Waals surface area (Å²) in [6.07, 6.45) is 0. The number of hydrogen-bond donors (Lipinski definition) is 0. The number of aromatic nitrogens is 4. The van der Waals surface area contributed by atoms with E-state index in [1.165, 1.54) is 10.8 Å². The number of rotatable bonds is 5. The average Bonchev–Trinajstić information content (AvgIpc) is 3.83. The number of hydrogen-bond acceptors (Lipinski definition) is 4. The third-order valence-corrected chi connectivity index (χ3v) is 11.3. The molecule has 0 atom stereocenters. The lowest BCUT2D eigenvalue weighted by molar-refractivity contribution is 1.07. The van der Waals surface area contributed by atoms with Crippen LogP contribution in [0, 0.1) is 0 Å². The Bertz CT molecular complexity index is 3440. The van der Waals surface area contributed by atoms with Crippen LogP contribution < -0.4 is 0 Å². The van der Waals surface area contributed by atoms with Gasteiger partial charge in [0.2, 0.25) is 0 Å². The zero-order valence-corrected chi connectivity index (χ0v) is 29.4. The fraction of sp³-hybridized carbons (Fsp3) is 0. The van der Waals surface area contributed by atoms with E-state index < -0.39 is 18.1 Å². The summed E-state index contributed by atoms with van der Waals surface area (Å²) < 4.78 is 47.3. The van der Waals surface area contributed by atoms with Gasteiger partial charge in [0.15, 0.2) is 17.5 Å². The van der Waals surface area contributed by atoms with Gasteiger partial charge in [-0.1, -0.05) is 152 Å². The molecule has 0 aliphatic carbocycles. The van der Waals surface area contributed by atoms with Gasteiger partial charge < -0.3 is 4.57 Å². The summed E-state index contributed by atoms with van der Waals surface area (Å²) in [6, 6.07) is 49.9. The zero-order valence-electron chi connectivity index (χ0n) is 33.6. The molecular weight excluding hydrogens is 677 g/mol. The van der Waals surface area contributed by atoms with Gasteiger partial charge in [-0.15, -0.1) is 11.3 Å². The van der Waals surface area contributed by atoms with Gasteiger partial charge in [0, 0.05) is 53.3 Å². The van der Waals surface area contributed by atoms with E-state index in [2.05, 4.69) is 126 Å². The molecule has 3 heterocycles. The molecule has 0 spiro atoms. The Balaban J connectivity index is 1.24. The van der Waals surface area contributed by atoms with Crippen LogP contribution in [0.15, 0.2) is 182 Å². The summed E-state index contributed by atoms with van der Waals surface area (Å²) in [5.41, 5.74) is 6.64. The third-order valence-electron chi connectivity index (χ3n) is 10.1. The second-order valence-electron chi connectivity index (χ2n) is 13.3. The maximum atomic E-state index is 8.88. The predicted molar refractivity (Wildman–Crippen MR) is 226 cm³/mol. The third kappa shape index (κ3) is 4.94. The Morgan fingerprint density at radius 2 is 1.09 bits per heavy atom. The highest BCUT2D eigenvalue weighted by Gasteiger charge is 2.21. The molecule has 54 heavy (non-hydrogen) atoms. The van der Waals surface area contributed by atoms with Crippen molar-refractivity contribution in [3.8, 4) is 51.0 Å². The molecule has 0 aliphatic heterocycles. The molecule has 0 radical (unpaired) electrons. The highest BCUT2D eigenvalue weighted by atomic mass is 32.1. The topological polar surface area (TPSA) is 43.6 Å². The van der Waals surface area contributed by atoms with Crippen molar-refractivity contribution in [1.82, 2.24) is 19.5 Å². The predicted octanol–water partition coefficient (Wildman–Crippen LogP) is 13.2. The van der Waals surface area contributed by atoms with E-state index in [0.717, 1.165) is 64.4 Å². The largest absolute Gasteiger partial charge is 0.309 e. The van der Waals surface area contributed by atoms with E-state index in [1.807, 2.05) is 30.3 Å². The van der Waals surface area contributed by atoms with Gasteiger partial charge in [0.1, 0.15) is 0 Å². The van der Waals surface area contributed by atoms with E-state index in [0.29, 0.717) is 17.2 Å². The summed E-state index contributed by atoms with van der Waals surface area (Å²) in [7, 11) is 0. The maximum Gasteiger partial charge on any atom is 0.165 e. The van der Waals surface area contributed by atoms with Gasteiger partial charge in [-0.2, -0.15) is 0 Å². The highest BCUT2D eigenvalue weighted by Crippen LogP contribution is 2.44. The summed E-state index contributed by atoms with van der Waals surface area (Å²) in [5, 5.41) is 6.74. The number of fused-ring (bicyclic) bond motifs is 7. The van der Waals surface area contributed by atoms with Crippen LogP contribution in [-0.4, -0.2) is 19.5 Å². The Kier molecular flexibility index (Phi) is 5.92. The fourth-order valence-electron chi connectivity index (χ4n) is 7.69. The van der Waals surface area contributed by atoms with Crippen LogP contribution in [0.4, 0.5) is 0 Å². The van der Waals surface area contributed by atoms with Crippen LogP contribution in [0.3, 0.4) is 0 Å². The molecule has 11 aromatic rings. The second kappa shape index (κ2) is 12.3. The van der Waals surface area contributed by atoms with E-state index >= 15 is 0 Å². The van der Waals surface area contributed by atoms with Gasteiger partial charge in [-0.25, -0.2) is 15.0 Å². The first-order valence-corrected chi connectivity index (χ1v) is 18.5. The van der Waals surface area contributed by atoms with Crippen molar-refractivity contribution >= 4 is 64.1 Å². The Hall–Kier alpha value is -6.95. The Morgan fingerprint density at radius 1 is 0.444 bits per heavy atom. The van der Waals surface area contributed by atoms with Crippen molar-refractivity contribution in [2.45, 2.75) is 0 Å². The SMILES string of the molecule is [2H]c1c([2H])c([2H])c(-c2nc(-c3ccccc3)nc(-c3cc(-n4c5ccccc5c5ccccc54)cc4c3sc3cc(-c5cccc6ccccc56)ccc34)n2)c([2H])c1[2H]. The lowest BCUT2D eigenvalue weighted by Gasteiger charge is -2.13. The molecule has 0 bridgehead atoms. The molecule has 0 unspecified atom stereocenters. The van der Waals surface area contributed by atoms with Crippen LogP contribution in [0.25, 0.3) is 104 Å². The second-order valence-corrected chi connectivity index (χ2v) is 14.3. The molecular formula is C49H30N4S. The molecule has 0 saturated carbocycles. The molecule has 0 fully saturated rings. The molecule has 252 valence electrons. The van der Waals surface area contributed by atoms with Gasteiger partial charge >= 0.3 is 0 Å². The van der Waals surface area contributed by atoms with Crippen molar-refractivity contribution in [3.05, 3.63) is 182 Å². The van der Waals surface area contributed by atoms with Crippen molar-refractivity contribution in [2.75, 3.05) is 0 Å². The summed E-state index contributed by atoms with van der Waals surface area (Å²) in [6.45, 7) is 0. The molecule has 11 rings (SSSR count).